The van der Waals surface area contributed by atoms with Gasteiger partial charge in [-0.25, -0.2) is 12.8 Å². The first kappa shape index (κ1) is 23.7. The number of thiophene rings is 1. The summed E-state index contributed by atoms with van der Waals surface area (Å²) < 4.78 is 41.1. The van der Waals surface area contributed by atoms with Crippen molar-refractivity contribution >= 4 is 38.0 Å². The Balaban J connectivity index is 1.56. The van der Waals surface area contributed by atoms with Crippen molar-refractivity contribution < 1.29 is 22.7 Å². The second-order valence-electron chi connectivity index (χ2n) is 8.13. The normalized spacial score (nSPS) is 12.3. The highest BCUT2D eigenvalue weighted by molar-refractivity contribution is 7.93. The molecule has 1 atom stereocenters. The SMILES string of the molecule is Cc1cccc2c1c(C[C@H](CS(=O)(=O)c1ccc(C#Cc3ccc(F)cc3)s1)C(=O)O)cn2C. The zero-order chi connectivity index (χ0) is 24.5. The van der Waals surface area contributed by atoms with Gasteiger partial charge >= 0.3 is 5.97 Å². The van der Waals surface area contributed by atoms with Crippen molar-refractivity contribution in [2.24, 2.45) is 13.0 Å². The predicted molar refractivity (Wildman–Crippen MR) is 131 cm³/mol. The molecule has 8 heteroatoms. The fourth-order valence-corrected chi connectivity index (χ4v) is 6.74. The molecule has 0 saturated heterocycles. The van der Waals surface area contributed by atoms with Crippen molar-refractivity contribution in [3.8, 4) is 11.8 Å². The Morgan fingerprint density at radius 2 is 1.85 bits per heavy atom. The average Bonchev–Trinajstić information content (AvgIpc) is 3.39. The zero-order valence-corrected chi connectivity index (χ0v) is 20.2. The maximum Gasteiger partial charge on any atom is 0.307 e. The molecule has 0 bridgehead atoms. The lowest BCUT2D eigenvalue weighted by molar-refractivity contribution is -0.140. The lowest BCUT2D eigenvalue weighted by Crippen LogP contribution is -2.25. The number of fused-ring (bicyclic) bond motifs is 1. The van der Waals surface area contributed by atoms with Gasteiger partial charge in [0.2, 0.25) is 0 Å². The number of aromatic nitrogens is 1. The van der Waals surface area contributed by atoms with Gasteiger partial charge in [0.05, 0.1) is 16.5 Å². The van der Waals surface area contributed by atoms with E-state index in [0.717, 1.165) is 33.4 Å². The number of halogens is 1. The van der Waals surface area contributed by atoms with E-state index in [4.69, 9.17) is 0 Å². The number of hydrogen-bond donors (Lipinski definition) is 1. The van der Waals surface area contributed by atoms with Gasteiger partial charge in [-0.05, 0) is 66.9 Å². The molecular weight excluding hydrogens is 473 g/mol. The predicted octanol–water partition coefficient (Wildman–Crippen LogP) is 4.80. The summed E-state index contributed by atoms with van der Waals surface area (Å²) in [6.45, 7) is 1.96. The molecule has 4 rings (SSSR count). The molecular formula is C26H22FNO4S2. The largest absolute Gasteiger partial charge is 0.481 e. The first-order valence-electron chi connectivity index (χ1n) is 10.5. The molecule has 2 aromatic heterocycles. The molecule has 0 fully saturated rings. The van der Waals surface area contributed by atoms with Crippen LogP contribution in [0.4, 0.5) is 4.39 Å². The van der Waals surface area contributed by atoms with Crippen molar-refractivity contribution in [3.05, 3.63) is 88.2 Å². The van der Waals surface area contributed by atoms with E-state index >= 15 is 0 Å². The van der Waals surface area contributed by atoms with Crippen molar-refractivity contribution in [2.75, 3.05) is 5.75 Å². The number of carbonyl (C=O) groups is 1. The molecule has 0 amide bonds. The highest BCUT2D eigenvalue weighted by Gasteiger charge is 2.29. The topological polar surface area (TPSA) is 76.4 Å². The van der Waals surface area contributed by atoms with Crippen LogP contribution < -0.4 is 0 Å². The molecule has 0 aliphatic rings. The summed E-state index contributed by atoms with van der Waals surface area (Å²) in [5, 5.41) is 10.8. The Hall–Kier alpha value is -3.41. The number of aliphatic carboxylic acids is 1. The van der Waals surface area contributed by atoms with E-state index in [1.165, 1.54) is 18.2 Å². The quantitative estimate of drug-likeness (QED) is 0.390. The van der Waals surface area contributed by atoms with Crippen LogP contribution in [0.2, 0.25) is 0 Å². The Bertz CT molecular complexity index is 1540. The summed E-state index contributed by atoms with van der Waals surface area (Å²) in [7, 11) is -1.95. The van der Waals surface area contributed by atoms with E-state index in [-0.39, 0.29) is 16.4 Å². The fourth-order valence-electron chi connectivity index (χ4n) is 3.94. The number of rotatable bonds is 6. The number of sulfone groups is 1. The number of nitrogens with zero attached hydrogens (tertiary/aromatic N) is 1. The Labute approximate surface area is 201 Å². The van der Waals surface area contributed by atoms with Gasteiger partial charge in [-0.3, -0.25) is 4.79 Å². The summed E-state index contributed by atoms with van der Waals surface area (Å²) in [5.74, 6) is 2.65. The van der Waals surface area contributed by atoms with Crippen LogP contribution in [0.25, 0.3) is 10.9 Å². The molecule has 0 aliphatic heterocycles. The lowest BCUT2D eigenvalue weighted by atomic mass is 9.98. The standard InChI is InChI=1S/C26H22FNO4S2/c1-17-4-3-5-23-25(17)19(15-28(23)2)14-20(26(29)30)16-34(31,32)24-13-12-22(33-24)11-8-18-6-9-21(27)10-7-18/h3-7,9-10,12-13,15,20H,14,16H2,1-2H3,(H,29,30)/t20-/m1/s1. The van der Waals surface area contributed by atoms with Crippen molar-refractivity contribution in [1.29, 1.82) is 0 Å². The number of hydrogen-bond acceptors (Lipinski definition) is 4. The highest BCUT2D eigenvalue weighted by atomic mass is 32.2. The fraction of sp³-hybridized carbons (Fsp3) is 0.192. The van der Waals surface area contributed by atoms with Crippen molar-refractivity contribution in [3.63, 3.8) is 0 Å². The van der Waals surface area contributed by atoms with Gasteiger partial charge in [0, 0.05) is 29.7 Å². The molecule has 4 aromatic rings. The van der Waals surface area contributed by atoms with Crippen LogP contribution in [0.15, 0.2) is 65.0 Å². The Morgan fingerprint density at radius 3 is 2.56 bits per heavy atom. The summed E-state index contributed by atoms with van der Waals surface area (Å²) in [4.78, 5) is 12.5. The van der Waals surface area contributed by atoms with E-state index in [9.17, 15) is 22.7 Å². The number of carboxylic acids is 1. The van der Waals surface area contributed by atoms with Gasteiger partial charge in [0.25, 0.3) is 0 Å². The van der Waals surface area contributed by atoms with E-state index in [1.807, 2.05) is 42.9 Å². The van der Waals surface area contributed by atoms with Gasteiger partial charge in [-0.1, -0.05) is 24.0 Å². The summed E-state index contributed by atoms with van der Waals surface area (Å²) in [6.07, 6.45) is 1.98. The average molecular weight is 496 g/mol. The molecule has 174 valence electrons. The van der Waals surface area contributed by atoms with Crippen LogP contribution in [-0.4, -0.2) is 29.8 Å². The van der Waals surface area contributed by atoms with Crippen LogP contribution in [0.5, 0.6) is 0 Å². The Kier molecular flexibility index (Phi) is 6.60. The van der Waals surface area contributed by atoms with E-state index in [1.54, 1.807) is 18.2 Å². The molecule has 0 aliphatic carbocycles. The summed E-state index contributed by atoms with van der Waals surface area (Å²) in [5.41, 5.74) is 3.41. The molecule has 1 N–H and O–H groups in total. The first-order valence-corrected chi connectivity index (χ1v) is 13.0. The van der Waals surface area contributed by atoms with Crippen molar-refractivity contribution in [1.82, 2.24) is 4.57 Å². The number of benzene rings is 2. The third kappa shape index (κ3) is 5.06. The van der Waals surface area contributed by atoms with E-state index in [0.29, 0.717) is 10.4 Å². The van der Waals surface area contributed by atoms with Crippen LogP contribution in [-0.2, 0) is 28.1 Å². The zero-order valence-electron chi connectivity index (χ0n) is 18.6. The van der Waals surface area contributed by atoms with Crippen LogP contribution in [0, 0.1) is 30.5 Å². The van der Waals surface area contributed by atoms with Crippen LogP contribution in [0.3, 0.4) is 0 Å². The second-order valence-corrected chi connectivity index (χ2v) is 11.5. The maximum absolute atomic E-state index is 13.1. The highest BCUT2D eigenvalue weighted by Crippen LogP contribution is 2.29. The molecule has 2 heterocycles. The lowest BCUT2D eigenvalue weighted by Gasteiger charge is -2.12. The van der Waals surface area contributed by atoms with Gasteiger partial charge < -0.3 is 9.67 Å². The smallest absolute Gasteiger partial charge is 0.307 e. The van der Waals surface area contributed by atoms with Crippen LogP contribution in [0.1, 0.15) is 21.6 Å². The molecule has 2 aromatic carbocycles. The van der Waals surface area contributed by atoms with Gasteiger partial charge in [0.1, 0.15) is 10.0 Å². The van der Waals surface area contributed by atoms with Gasteiger partial charge in [-0.15, -0.1) is 11.3 Å². The van der Waals surface area contributed by atoms with E-state index in [2.05, 4.69) is 11.8 Å². The number of aryl methyl sites for hydroxylation is 2. The van der Waals surface area contributed by atoms with Gasteiger partial charge in [0.15, 0.2) is 9.84 Å². The molecule has 0 radical (unpaired) electrons. The first-order chi connectivity index (χ1) is 16.1. The minimum atomic E-state index is -3.84. The second kappa shape index (κ2) is 9.45. The monoisotopic (exact) mass is 495 g/mol. The maximum atomic E-state index is 13.1. The minimum absolute atomic E-state index is 0.0799. The summed E-state index contributed by atoms with van der Waals surface area (Å²) >= 11 is 0.999. The third-order valence-electron chi connectivity index (χ3n) is 5.60. The Morgan fingerprint density at radius 1 is 1.12 bits per heavy atom. The molecule has 34 heavy (non-hydrogen) atoms. The molecule has 5 nitrogen and oxygen atoms in total. The minimum Gasteiger partial charge on any atom is -0.481 e. The van der Waals surface area contributed by atoms with Crippen molar-refractivity contribution in [2.45, 2.75) is 17.6 Å². The molecule has 0 saturated carbocycles. The van der Waals surface area contributed by atoms with E-state index < -0.39 is 27.5 Å². The molecule has 0 unspecified atom stereocenters. The summed E-state index contributed by atoms with van der Waals surface area (Å²) in [6, 6.07) is 14.6. The van der Waals surface area contributed by atoms with Crippen LogP contribution >= 0.6 is 11.3 Å². The van der Waals surface area contributed by atoms with Gasteiger partial charge in [-0.2, -0.15) is 0 Å². The molecule has 0 spiro atoms. The number of carboxylic acid groups (broad SMARTS) is 1. The third-order valence-corrected chi connectivity index (χ3v) is 9.00.